The van der Waals surface area contributed by atoms with Gasteiger partial charge in [-0.15, -0.1) is 0 Å². The second kappa shape index (κ2) is 11.2. The first kappa shape index (κ1) is 25.9. The van der Waals surface area contributed by atoms with Gasteiger partial charge in [0.15, 0.2) is 0 Å². The van der Waals surface area contributed by atoms with Crippen LogP contribution in [0.5, 0.6) is 6.01 Å². The summed E-state index contributed by atoms with van der Waals surface area (Å²) in [6.07, 6.45) is 6.63. The maximum atomic E-state index is 12.8. The van der Waals surface area contributed by atoms with Crippen LogP contribution in [0.2, 0.25) is 0 Å². The van der Waals surface area contributed by atoms with E-state index < -0.39 is 5.60 Å². The number of aromatic nitrogens is 2. The highest BCUT2D eigenvalue weighted by molar-refractivity contribution is 5.95. The molecule has 1 atom stereocenters. The van der Waals surface area contributed by atoms with Gasteiger partial charge in [0.25, 0.3) is 5.91 Å². The van der Waals surface area contributed by atoms with E-state index in [2.05, 4.69) is 9.97 Å². The van der Waals surface area contributed by atoms with Crippen LogP contribution in [0.1, 0.15) is 56.8 Å². The van der Waals surface area contributed by atoms with Gasteiger partial charge < -0.3 is 24.4 Å². The quantitative estimate of drug-likeness (QED) is 0.649. The lowest BCUT2D eigenvalue weighted by molar-refractivity contribution is 0.0163. The number of rotatable bonds is 6. The number of aliphatic hydroxyl groups is 1. The van der Waals surface area contributed by atoms with Crippen molar-refractivity contribution in [2.24, 2.45) is 5.92 Å². The van der Waals surface area contributed by atoms with Crippen LogP contribution in [-0.2, 0) is 4.74 Å². The third-order valence-corrected chi connectivity index (χ3v) is 6.66. The number of benzene rings is 1. The normalized spacial score (nSPS) is 18.8. The molecule has 1 N–H and O–H groups in total. The van der Waals surface area contributed by atoms with Crippen molar-refractivity contribution in [3.05, 3.63) is 42.2 Å². The largest absolute Gasteiger partial charge is 0.463 e. The van der Waals surface area contributed by atoms with Crippen molar-refractivity contribution in [2.45, 2.75) is 58.1 Å². The van der Waals surface area contributed by atoms with Gasteiger partial charge in [0.05, 0.1) is 19.3 Å². The van der Waals surface area contributed by atoms with Crippen molar-refractivity contribution in [3.8, 4) is 17.1 Å². The van der Waals surface area contributed by atoms with Crippen LogP contribution in [-0.4, -0.2) is 81.4 Å². The summed E-state index contributed by atoms with van der Waals surface area (Å²) >= 11 is 0. The van der Waals surface area contributed by atoms with Gasteiger partial charge in [-0.25, -0.2) is 14.8 Å². The SMILES string of the molecule is CC(C)(C)OC(=O)N1CCC(COc2ncc(-c3ccc(C(=O)N4CCC[C@@H]4CO)cc3)cn2)CC1. The van der Waals surface area contributed by atoms with Crippen molar-refractivity contribution >= 4 is 12.0 Å². The molecule has 0 radical (unpaired) electrons. The molecule has 0 bridgehead atoms. The van der Waals surface area contributed by atoms with E-state index in [-0.39, 0.29) is 24.6 Å². The fraction of sp³-hybridized carbons (Fsp3) is 0.556. The predicted molar refractivity (Wildman–Crippen MR) is 135 cm³/mol. The standard InChI is InChI=1S/C27H36N4O5/c1-27(2,3)36-26(34)30-13-10-19(11-14-30)18-35-25-28-15-22(16-29-25)20-6-8-21(9-7-20)24(33)31-12-4-5-23(31)17-32/h6-9,15-16,19,23,32H,4-5,10-14,17-18H2,1-3H3/t23-/m1/s1. The van der Waals surface area contributed by atoms with Gasteiger partial charge in [-0.2, -0.15) is 0 Å². The van der Waals surface area contributed by atoms with Crippen LogP contribution < -0.4 is 4.74 Å². The number of hydrogen-bond acceptors (Lipinski definition) is 7. The molecule has 0 spiro atoms. The van der Waals surface area contributed by atoms with Crippen LogP contribution in [0.25, 0.3) is 11.1 Å². The number of hydrogen-bond donors (Lipinski definition) is 1. The number of ether oxygens (including phenoxy) is 2. The molecule has 2 saturated heterocycles. The van der Waals surface area contributed by atoms with Crippen molar-refractivity contribution in [1.82, 2.24) is 19.8 Å². The van der Waals surface area contributed by atoms with Gasteiger partial charge in [-0.3, -0.25) is 4.79 Å². The zero-order valence-electron chi connectivity index (χ0n) is 21.4. The average Bonchev–Trinajstić information content (AvgIpc) is 3.36. The van der Waals surface area contributed by atoms with E-state index >= 15 is 0 Å². The van der Waals surface area contributed by atoms with Crippen LogP contribution in [0.3, 0.4) is 0 Å². The lowest BCUT2D eigenvalue weighted by Gasteiger charge is -2.33. The van der Waals surface area contributed by atoms with Gasteiger partial charge in [-0.1, -0.05) is 12.1 Å². The van der Waals surface area contributed by atoms with Gasteiger partial charge >= 0.3 is 12.1 Å². The Bertz CT molecular complexity index is 1030. The molecule has 4 rings (SSSR count). The molecule has 3 heterocycles. The highest BCUT2D eigenvalue weighted by Gasteiger charge is 2.29. The maximum Gasteiger partial charge on any atom is 0.410 e. The molecular weight excluding hydrogens is 460 g/mol. The highest BCUT2D eigenvalue weighted by Crippen LogP contribution is 2.24. The molecule has 1 aromatic heterocycles. The fourth-order valence-corrected chi connectivity index (χ4v) is 4.60. The first-order valence-electron chi connectivity index (χ1n) is 12.7. The Morgan fingerprint density at radius 2 is 1.67 bits per heavy atom. The summed E-state index contributed by atoms with van der Waals surface area (Å²) in [7, 11) is 0. The minimum atomic E-state index is -0.489. The molecule has 194 valence electrons. The van der Waals surface area contributed by atoms with E-state index in [9.17, 15) is 14.7 Å². The molecule has 9 nitrogen and oxygen atoms in total. The van der Waals surface area contributed by atoms with Crippen molar-refractivity contribution in [3.63, 3.8) is 0 Å². The van der Waals surface area contributed by atoms with Crippen molar-refractivity contribution in [2.75, 3.05) is 32.8 Å². The Morgan fingerprint density at radius 3 is 2.28 bits per heavy atom. The lowest BCUT2D eigenvalue weighted by Crippen LogP contribution is -2.42. The molecule has 2 aliphatic heterocycles. The highest BCUT2D eigenvalue weighted by atomic mass is 16.6. The Balaban J connectivity index is 1.25. The predicted octanol–water partition coefficient (Wildman–Crippen LogP) is 3.77. The molecule has 0 saturated carbocycles. The Labute approximate surface area is 212 Å². The molecule has 9 heteroatoms. The number of carbonyl (C=O) groups is 2. The number of aliphatic hydroxyl groups excluding tert-OH is 1. The van der Waals surface area contributed by atoms with E-state index in [1.54, 1.807) is 34.3 Å². The summed E-state index contributed by atoms with van der Waals surface area (Å²) in [6.45, 7) is 8.11. The van der Waals surface area contributed by atoms with Crippen LogP contribution in [0.4, 0.5) is 4.79 Å². The summed E-state index contributed by atoms with van der Waals surface area (Å²) in [4.78, 5) is 37.2. The minimum absolute atomic E-state index is 0.000849. The minimum Gasteiger partial charge on any atom is -0.463 e. The zero-order valence-corrected chi connectivity index (χ0v) is 21.4. The molecule has 0 aliphatic carbocycles. The third kappa shape index (κ3) is 6.51. The van der Waals surface area contributed by atoms with Gasteiger partial charge in [0.2, 0.25) is 0 Å². The molecule has 2 aromatic rings. The zero-order chi connectivity index (χ0) is 25.7. The van der Waals surface area contributed by atoms with E-state index in [0.717, 1.165) is 36.8 Å². The lowest BCUT2D eigenvalue weighted by atomic mass is 9.98. The average molecular weight is 497 g/mol. The Kier molecular flexibility index (Phi) is 8.08. The van der Waals surface area contributed by atoms with Crippen LogP contribution in [0, 0.1) is 5.92 Å². The number of piperidine rings is 1. The molecular formula is C27H36N4O5. The molecule has 0 unspecified atom stereocenters. The van der Waals surface area contributed by atoms with Crippen molar-refractivity contribution < 1.29 is 24.2 Å². The second-order valence-electron chi connectivity index (χ2n) is 10.5. The third-order valence-electron chi connectivity index (χ3n) is 6.66. The number of carbonyl (C=O) groups excluding carboxylic acids is 2. The van der Waals surface area contributed by atoms with E-state index in [0.29, 0.717) is 43.7 Å². The maximum absolute atomic E-state index is 12.8. The van der Waals surface area contributed by atoms with Crippen molar-refractivity contribution in [1.29, 1.82) is 0 Å². The molecule has 1 aromatic carbocycles. The van der Waals surface area contributed by atoms with Crippen LogP contribution >= 0.6 is 0 Å². The topological polar surface area (TPSA) is 105 Å². The number of likely N-dealkylation sites (tertiary alicyclic amines) is 2. The van der Waals surface area contributed by atoms with Gasteiger partial charge in [-0.05, 0) is 70.1 Å². The summed E-state index contributed by atoms with van der Waals surface area (Å²) in [5.41, 5.74) is 1.87. The number of amides is 2. The summed E-state index contributed by atoms with van der Waals surface area (Å²) in [5.74, 6) is 0.285. The van der Waals surface area contributed by atoms with E-state index in [4.69, 9.17) is 9.47 Å². The van der Waals surface area contributed by atoms with Gasteiger partial charge in [0, 0.05) is 43.2 Å². The monoisotopic (exact) mass is 496 g/mol. The summed E-state index contributed by atoms with van der Waals surface area (Å²) in [5, 5.41) is 9.49. The second-order valence-corrected chi connectivity index (χ2v) is 10.5. The Morgan fingerprint density at radius 1 is 1.00 bits per heavy atom. The fourth-order valence-electron chi connectivity index (χ4n) is 4.60. The van der Waals surface area contributed by atoms with E-state index in [1.165, 1.54) is 0 Å². The molecule has 2 amide bonds. The number of nitrogens with zero attached hydrogens (tertiary/aromatic N) is 4. The summed E-state index contributed by atoms with van der Waals surface area (Å²) < 4.78 is 11.3. The molecule has 36 heavy (non-hydrogen) atoms. The smallest absolute Gasteiger partial charge is 0.410 e. The Hall–Kier alpha value is -3.20. The summed E-state index contributed by atoms with van der Waals surface area (Å²) in [6, 6.07) is 7.61. The molecule has 2 fully saturated rings. The van der Waals surface area contributed by atoms with Gasteiger partial charge in [0.1, 0.15) is 5.60 Å². The van der Waals surface area contributed by atoms with E-state index in [1.807, 2.05) is 32.9 Å². The molecule has 2 aliphatic rings. The first-order chi connectivity index (χ1) is 17.2. The van der Waals surface area contributed by atoms with Crippen LogP contribution in [0.15, 0.2) is 36.7 Å². The first-order valence-corrected chi connectivity index (χ1v) is 12.7.